The van der Waals surface area contributed by atoms with E-state index in [4.69, 9.17) is 4.74 Å². The Kier molecular flexibility index (Phi) is 4.16. The summed E-state index contributed by atoms with van der Waals surface area (Å²) in [5.41, 5.74) is 2.30. The Morgan fingerprint density at radius 1 is 1.32 bits per heavy atom. The van der Waals surface area contributed by atoms with Crippen LogP contribution in [0.15, 0.2) is 18.2 Å². The van der Waals surface area contributed by atoms with Crippen LogP contribution >= 0.6 is 0 Å². The molecule has 0 saturated carbocycles. The van der Waals surface area contributed by atoms with E-state index in [-0.39, 0.29) is 11.6 Å². The maximum atomic E-state index is 12.7. The third-order valence-electron chi connectivity index (χ3n) is 3.82. The largest absolute Gasteiger partial charge is 0.443 e. The fourth-order valence-corrected chi connectivity index (χ4v) is 2.62. The van der Waals surface area contributed by atoms with Crippen molar-refractivity contribution >= 4 is 17.5 Å². The van der Waals surface area contributed by atoms with Gasteiger partial charge in [-0.05, 0) is 58.2 Å². The number of fused-ring (bicyclic) bond motifs is 1. The molecule has 0 fully saturated rings. The van der Waals surface area contributed by atoms with Crippen molar-refractivity contribution in [3.05, 3.63) is 23.8 Å². The average molecular weight is 304 g/mol. The van der Waals surface area contributed by atoms with Gasteiger partial charge in [-0.3, -0.25) is 4.90 Å². The summed E-state index contributed by atoms with van der Waals surface area (Å²) >= 11 is 0. The van der Waals surface area contributed by atoms with Crippen LogP contribution in [-0.2, 0) is 4.74 Å². The Labute approximate surface area is 133 Å². The van der Waals surface area contributed by atoms with Gasteiger partial charge in [-0.15, -0.1) is 0 Å². The van der Waals surface area contributed by atoms with Crippen molar-refractivity contribution < 1.29 is 9.53 Å². The molecule has 2 rings (SSSR count). The van der Waals surface area contributed by atoms with Crippen LogP contribution in [0.4, 0.5) is 16.2 Å². The van der Waals surface area contributed by atoms with E-state index in [0.29, 0.717) is 12.5 Å². The summed E-state index contributed by atoms with van der Waals surface area (Å²) in [6.07, 6.45) is -0.294. The predicted molar refractivity (Wildman–Crippen MR) is 91.8 cm³/mol. The highest BCUT2D eigenvalue weighted by Gasteiger charge is 2.39. The molecule has 1 aromatic rings. The number of hydrogen-bond acceptors (Lipinski definition) is 3. The molecular weight excluding hydrogens is 276 g/mol. The molecule has 0 radical (unpaired) electrons. The second kappa shape index (κ2) is 5.49. The first kappa shape index (κ1) is 16.7. The van der Waals surface area contributed by atoms with E-state index in [1.165, 1.54) is 5.56 Å². The molecule has 4 nitrogen and oxygen atoms in total. The zero-order valence-electron chi connectivity index (χ0n) is 14.8. The lowest BCUT2D eigenvalue weighted by Gasteiger charge is -2.44. The summed E-state index contributed by atoms with van der Waals surface area (Å²) < 4.78 is 5.61. The molecular formula is C18H28N2O2. The Balaban J connectivity index is 2.42. The normalized spacial score (nSPS) is 17.0. The van der Waals surface area contributed by atoms with Crippen LogP contribution in [0.2, 0.25) is 0 Å². The first-order chi connectivity index (χ1) is 10.0. The van der Waals surface area contributed by atoms with Gasteiger partial charge in [-0.1, -0.05) is 19.9 Å². The second-order valence-corrected chi connectivity index (χ2v) is 7.91. The lowest BCUT2D eigenvalue weighted by Crippen LogP contribution is -2.56. The van der Waals surface area contributed by atoms with Crippen LogP contribution in [0.5, 0.6) is 0 Å². The van der Waals surface area contributed by atoms with Crippen molar-refractivity contribution in [3.63, 3.8) is 0 Å². The van der Waals surface area contributed by atoms with E-state index in [2.05, 4.69) is 31.3 Å². The zero-order valence-corrected chi connectivity index (χ0v) is 14.8. The minimum atomic E-state index is -0.504. The van der Waals surface area contributed by atoms with Crippen molar-refractivity contribution in [2.75, 3.05) is 16.8 Å². The van der Waals surface area contributed by atoms with Crippen LogP contribution < -0.4 is 10.2 Å². The fraction of sp³-hybridized carbons (Fsp3) is 0.611. The third kappa shape index (κ3) is 3.37. The number of carbonyl (C=O) groups is 1. The number of ether oxygens (including phenoxy) is 1. The first-order valence-electron chi connectivity index (χ1n) is 7.92. The van der Waals surface area contributed by atoms with Gasteiger partial charge < -0.3 is 10.1 Å². The van der Waals surface area contributed by atoms with Crippen molar-refractivity contribution in [2.45, 2.75) is 65.5 Å². The van der Waals surface area contributed by atoms with Crippen LogP contribution in [0, 0.1) is 0 Å². The lowest BCUT2D eigenvalue weighted by atomic mass is 9.95. The third-order valence-corrected chi connectivity index (χ3v) is 3.82. The molecule has 1 N–H and O–H groups in total. The summed E-state index contributed by atoms with van der Waals surface area (Å²) in [4.78, 5) is 14.5. The van der Waals surface area contributed by atoms with Crippen molar-refractivity contribution in [2.24, 2.45) is 0 Å². The quantitative estimate of drug-likeness (QED) is 0.813. The maximum Gasteiger partial charge on any atom is 0.415 e. The topological polar surface area (TPSA) is 41.6 Å². The van der Waals surface area contributed by atoms with Gasteiger partial charge in [0.05, 0.1) is 16.9 Å². The number of benzene rings is 1. The number of rotatable bonds is 1. The van der Waals surface area contributed by atoms with E-state index in [9.17, 15) is 4.79 Å². The molecule has 1 amide bonds. The Morgan fingerprint density at radius 3 is 2.50 bits per heavy atom. The highest BCUT2D eigenvalue weighted by Crippen LogP contribution is 2.38. The summed E-state index contributed by atoms with van der Waals surface area (Å²) in [7, 11) is 0. The molecule has 0 unspecified atom stereocenters. The van der Waals surface area contributed by atoms with E-state index in [1.807, 2.05) is 40.7 Å². The van der Waals surface area contributed by atoms with Crippen molar-refractivity contribution in [3.8, 4) is 0 Å². The second-order valence-electron chi connectivity index (χ2n) is 7.91. The number of nitrogens with one attached hydrogen (secondary N) is 1. The molecule has 22 heavy (non-hydrogen) atoms. The van der Waals surface area contributed by atoms with Gasteiger partial charge in [-0.2, -0.15) is 0 Å². The number of nitrogens with zero attached hydrogens (tertiary/aromatic N) is 1. The van der Waals surface area contributed by atoms with Gasteiger partial charge in [0.1, 0.15) is 5.60 Å². The highest BCUT2D eigenvalue weighted by molar-refractivity contribution is 5.95. The molecule has 0 bridgehead atoms. The number of hydrogen-bond donors (Lipinski definition) is 1. The van der Waals surface area contributed by atoms with Gasteiger partial charge in [0.2, 0.25) is 0 Å². The van der Waals surface area contributed by atoms with E-state index in [1.54, 1.807) is 4.90 Å². The zero-order chi connectivity index (χ0) is 16.7. The number of carbonyl (C=O) groups excluding carboxylic acids is 1. The van der Waals surface area contributed by atoms with Crippen LogP contribution in [0.1, 0.15) is 59.9 Å². The molecule has 4 heteroatoms. The molecule has 0 atom stereocenters. The molecule has 0 aliphatic carbocycles. The molecule has 0 saturated heterocycles. The lowest BCUT2D eigenvalue weighted by molar-refractivity contribution is 0.0546. The predicted octanol–water partition coefficient (Wildman–Crippen LogP) is 4.76. The number of amides is 1. The van der Waals surface area contributed by atoms with E-state index < -0.39 is 5.60 Å². The monoisotopic (exact) mass is 304 g/mol. The van der Waals surface area contributed by atoms with Crippen molar-refractivity contribution in [1.29, 1.82) is 0 Å². The molecule has 1 aliphatic rings. The fourth-order valence-electron chi connectivity index (χ4n) is 2.62. The van der Waals surface area contributed by atoms with Gasteiger partial charge in [-0.25, -0.2) is 4.79 Å². The summed E-state index contributed by atoms with van der Waals surface area (Å²) in [6, 6.07) is 6.24. The molecule has 1 aromatic carbocycles. The van der Waals surface area contributed by atoms with Gasteiger partial charge >= 0.3 is 6.09 Å². The molecule has 1 aliphatic heterocycles. The smallest absolute Gasteiger partial charge is 0.415 e. The highest BCUT2D eigenvalue weighted by atomic mass is 16.6. The summed E-state index contributed by atoms with van der Waals surface area (Å²) in [5.74, 6) is 0.456. The standard InChI is InChI=1S/C18H28N2O2/c1-12(2)13-8-9-15-14(10-13)19-11-18(6,7)20(15)16(21)22-17(3,4)5/h8-10,12,19H,11H2,1-7H3. The van der Waals surface area contributed by atoms with Crippen molar-refractivity contribution in [1.82, 2.24) is 0 Å². The van der Waals surface area contributed by atoms with E-state index in [0.717, 1.165) is 11.4 Å². The number of anilines is 2. The van der Waals surface area contributed by atoms with Gasteiger partial charge in [0.25, 0.3) is 0 Å². The molecule has 0 spiro atoms. The summed E-state index contributed by atoms with van der Waals surface area (Å²) in [6.45, 7) is 14.8. The SMILES string of the molecule is CC(C)c1ccc2c(c1)NCC(C)(C)N2C(=O)OC(C)(C)C. The minimum Gasteiger partial charge on any atom is -0.443 e. The Morgan fingerprint density at radius 2 is 1.95 bits per heavy atom. The maximum absolute atomic E-state index is 12.7. The summed E-state index contributed by atoms with van der Waals surface area (Å²) in [5, 5.41) is 3.45. The van der Waals surface area contributed by atoms with Gasteiger partial charge in [0, 0.05) is 6.54 Å². The molecule has 122 valence electrons. The molecule has 0 aromatic heterocycles. The molecule has 1 heterocycles. The van der Waals surface area contributed by atoms with Gasteiger partial charge in [0.15, 0.2) is 0 Å². The Bertz CT molecular complexity index is 571. The first-order valence-corrected chi connectivity index (χ1v) is 7.92. The van der Waals surface area contributed by atoms with Crippen LogP contribution in [-0.4, -0.2) is 23.8 Å². The average Bonchev–Trinajstić information content (AvgIpc) is 2.34. The Hall–Kier alpha value is -1.71. The van der Waals surface area contributed by atoms with Crippen LogP contribution in [0.3, 0.4) is 0 Å². The van der Waals surface area contributed by atoms with E-state index >= 15 is 0 Å². The van der Waals surface area contributed by atoms with Crippen LogP contribution in [0.25, 0.3) is 0 Å². The minimum absolute atomic E-state index is 0.294.